The summed E-state index contributed by atoms with van der Waals surface area (Å²) >= 11 is 3.52. The molecule has 0 heterocycles. The van der Waals surface area contributed by atoms with Crippen LogP contribution < -0.4 is 5.73 Å². The summed E-state index contributed by atoms with van der Waals surface area (Å²) < 4.78 is 1.14. The van der Waals surface area contributed by atoms with Gasteiger partial charge in [0.15, 0.2) is 0 Å². The van der Waals surface area contributed by atoms with Crippen LogP contribution in [-0.2, 0) is 6.42 Å². The van der Waals surface area contributed by atoms with Crippen LogP contribution >= 0.6 is 15.9 Å². The van der Waals surface area contributed by atoms with Gasteiger partial charge in [-0.25, -0.2) is 0 Å². The normalized spacial score (nSPS) is 15.1. The minimum atomic E-state index is 0.0754. The lowest BCUT2D eigenvalue weighted by atomic mass is 9.81. The molecule has 0 fully saturated rings. The highest BCUT2D eigenvalue weighted by molar-refractivity contribution is 9.10. The van der Waals surface area contributed by atoms with Gasteiger partial charge in [-0.3, -0.25) is 0 Å². The third-order valence-electron chi connectivity index (χ3n) is 3.13. The van der Waals surface area contributed by atoms with E-state index in [0.717, 1.165) is 10.9 Å². The third kappa shape index (κ3) is 1.88. The predicted octanol–water partition coefficient (Wildman–Crippen LogP) is 3.37. The van der Waals surface area contributed by atoms with Crippen molar-refractivity contribution in [3.63, 3.8) is 0 Å². The first-order valence-electron chi connectivity index (χ1n) is 5.24. The van der Waals surface area contributed by atoms with Gasteiger partial charge in [0.05, 0.1) is 0 Å². The summed E-state index contributed by atoms with van der Waals surface area (Å²) in [5, 5.41) is 0. The van der Waals surface area contributed by atoms with Crippen LogP contribution in [0.25, 0.3) is 5.57 Å². The van der Waals surface area contributed by atoms with Crippen molar-refractivity contribution >= 4 is 21.5 Å². The number of benzene rings is 1. The highest BCUT2D eigenvalue weighted by Gasteiger charge is 2.27. The molecule has 0 aliphatic heterocycles. The Morgan fingerprint density at radius 1 is 1.40 bits per heavy atom. The maximum atomic E-state index is 5.83. The van der Waals surface area contributed by atoms with Crippen LogP contribution in [0.2, 0.25) is 0 Å². The molecule has 0 saturated carbocycles. The molecule has 0 radical (unpaired) electrons. The number of nitrogens with two attached hydrogens (primary N) is 1. The van der Waals surface area contributed by atoms with Crippen LogP contribution in [0.4, 0.5) is 0 Å². The Morgan fingerprint density at radius 3 is 2.80 bits per heavy atom. The summed E-state index contributed by atoms with van der Waals surface area (Å²) in [5.41, 5.74) is 10.1. The van der Waals surface area contributed by atoms with Gasteiger partial charge >= 0.3 is 0 Å². The fourth-order valence-electron chi connectivity index (χ4n) is 2.05. The van der Waals surface area contributed by atoms with E-state index in [1.807, 2.05) is 0 Å². The molecule has 1 aromatic rings. The maximum Gasteiger partial charge on any atom is 0.0181 e. The van der Waals surface area contributed by atoms with Gasteiger partial charge in [-0.1, -0.05) is 41.9 Å². The predicted molar refractivity (Wildman–Crippen MR) is 68.7 cm³/mol. The lowest BCUT2D eigenvalue weighted by Gasteiger charge is -2.25. The fourth-order valence-corrected chi connectivity index (χ4v) is 2.41. The van der Waals surface area contributed by atoms with Crippen molar-refractivity contribution in [1.82, 2.24) is 0 Å². The van der Waals surface area contributed by atoms with E-state index in [4.69, 9.17) is 5.73 Å². The van der Waals surface area contributed by atoms with Gasteiger partial charge in [-0.2, -0.15) is 0 Å². The summed E-state index contributed by atoms with van der Waals surface area (Å²) in [6, 6.07) is 6.49. The molecule has 1 aliphatic carbocycles. The van der Waals surface area contributed by atoms with Crippen molar-refractivity contribution < 1.29 is 0 Å². The first-order valence-corrected chi connectivity index (χ1v) is 6.03. The zero-order valence-electron chi connectivity index (χ0n) is 9.18. The van der Waals surface area contributed by atoms with E-state index in [9.17, 15) is 0 Å². The van der Waals surface area contributed by atoms with E-state index in [2.05, 4.69) is 54.1 Å². The molecule has 1 aromatic carbocycles. The summed E-state index contributed by atoms with van der Waals surface area (Å²) in [6.07, 6.45) is 3.35. The van der Waals surface area contributed by atoms with E-state index < -0.39 is 0 Å². The second-order valence-electron chi connectivity index (χ2n) is 4.71. The Kier molecular flexibility index (Phi) is 2.73. The lowest BCUT2D eigenvalue weighted by Crippen LogP contribution is -2.24. The summed E-state index contributed by atoms with van der Waals surface area (Å²) in [6.45, 7) is 5.09. The molecule has 0 atom stereocenters. The number of hydrogen-bond donors (Lipinski definition) is 1. The maximum absolute atomic E-state index is 5.83. The molecule has 15 heavy (non-hydrogen) atoms. The van der Waals surface area contributed by atoms with E-state index in [1.165, 1.54) is 16.7 Å². The second kappa shape index (κ2) is 3.76. The van der Waals surface area contributed by atoms with Gasteiger partial charge in [-0.05, 0) is 35.3 Å². The zero-order chi connectivity index (χ0) is 11.1. The Hall–Kier alpha value is -0.600. The molecule has 2 heteroatoms. The van der Waals surface area contributed by atoms with Crippen molar-refractivity contribution in [3.05, 3.63) is 39.9 Å². The van der Waals surface area contributed by atoms with Gasteiger partial charge < -0.3 is 5.73 Å². The van der Waals surface area contributed by atoms with Gasteiger partial charge in [0, 0.05) is 16.4 Å². The van der Waals surface area contributed by atoms with Crippen LogP contribution in [0.15, 0.2) is 28.7 Å². The van der Waals surface area contributed by atoms with Crippen LogP contribution in [0.3, 0.4) is 0 Å². The minimum absolute atomic E-state index is 0.0754. The Morgan fingerprint density at radius 2 is 2.13 bits per heavy atom. The van der Waals surface area contributed by atoms with E-state index >= 15 is 0 Å². The molecular weight excluding hydrogens is 250 g/mol. The average molecular weight is 266 g/mol. The molecule has 1 nitrogen and oxygen atoms in total. The molecular formula is C13H16BrN. The molecule has 2 N–H and O–H groups in total. The van der Waals surface area contributed by atoms with Crippen LogP contribution in [0.1, 0.15) is 25.0 Å². The third-order valence-corrected chi connectivity index (χ3v) is 3.62. The first-order chi connectivity index (χ1) is 7.04. The highest BCUT2D eigenvalue weighted by atomic mass is 79.9. The number of allylic oxidation sites excluding steroid dienone is 1. The molecule has 0 aromatic heterocycles. The Bertz CT molecular complexity index is 419. The standard InChI is InChI=1S/C13H16BrN/c1-13(2,8-15)12-6-4-9-3-5-10(14)7-11(9)12/h3,5-7H,4,8,15H2,1-2H3. The fraction of sp³-hybridized carbons (Fsp3) is 0.385. The van der Waals surface area contributed by atoms with Gasteiger partial charge in [0.25, 0.3) is 0 Å². The largest absolute Gasteiger partial charge is 0.330 e. The molecule has 0 saturated heterocycles. The Labute approximate surface area is 99.5 Å². The molecule has 0 unspecified atom stereocenters. The van der Waals surface area contributed by atoms with E-state index in [0.29, 0.717) is 6.54 Å². The van der Waals surface area contributed by atoms with Crippen LogP contribution in [0.5, 0.6) is 0 Å². The monoisotopic (exact) mass is 265 g/mol. The van der Waals surface area contributed by atoms with Crippen LogP contribution in [0, 0.1) is 5.41 Å². The molecule has 80 valence electrons. The van der Waals surface area contributed by atoms with E-state index in [-0.39, 0.29) is 5.41 Å². The van der Waals surface area contributed by atoms with Crippen molar-refractivity contribution in [2.75, 3.05) is 6.54 Å². The SMILES string of the molecule is CC(C)(CN)C1=CCc2ccc(Br)cc21. The Balaban J connectivity index is 2.46. The number of rotatable bonds is 2. The quantitative estimate of drug-likeness (QED) is 0.872. The second-order valence-corrected chi connectivity index (χ2v) is 5.63. The van der Waals surface area contributed by atoms with Crippen LogP contribution in [-0.4, -0.2) is 6.54 Å². The van der Waals surface area contributed by atoms with Gasteiger partial charge in [-0.15, -0.1) is 0 Å². The lowest BCUT2D eigenvalue weighted by molar-refractivity contribution is 0.516. The minimum Gasteiger partial charge on any atom is -0.330 e. The highest BCUT2D eigenvalue weighted by Crippen LogP contribution is 2.40. The van der Waals surface area contributed by atoms with Crippen molar-refractivity contribution in [2.45, 2.75) is 20.3 Å². The van der Waals surface area contributed by atoms with Gasteiger partial charge in [0.1, 0.15) is 0 Å². The summed E-state index contributed by atoms with van der Waals surface area (Å²) in [4.78, 5) is 0. The molecule has 0 bridgehead atoms. The van der Waals surface area contributed by atoms with Gasteiger partial charge in [0.2, 0.25) is 0 Å². The number of halogens is 1. The summed E-state index contributed by atoms with van der Waals surface area (Å²) in [5.74, 6) is 0. The summed E-state index contributed by atoms with van der Waals surface area (Å²) in [7, 11) is 0. The van der Waals surface area contributed by atoms with Crippen molar-refractivity contribution in [3.8, 4) is 0 Å². The van der Waals surface area contributed by atoms with E-state index in [1.54, 1.807) is 0 Å². The average Bonchev–Trinajstić information content (AvgIpc) is 2.61. The zero-order valence-corrected chi connectivity index (χ0v) is 10.8. The number of fused-ring (bicyclic) bond motifs is 1. The molecule has 1 aliphatic rings. The molecule has 0 spiro atoms. The molecule has 2 rings (SSSR count). The van der Waals surface area contributed by atoms with Crippen molar-refractivity contribution in [2.24, 2.45) is 11.1 Å². The molecule has 0 amide bonds. The smallest absolute Gasteiger partial charge is 0.0181 e. The number of hydrogen-bond acceptors (Lipinski definition) is 1. The topological polar surface area (TPSA) is 26.0 Å². The van der Waals surface area contributed by atoms with Crippen molar-refractivity contribution in [1.29, 1.82) is 0 Å². The first kappa shape index (κ1) is 10.9.